The number of alkyl halides is 7. The first kappa shape index (κ1) is 27.1. The van der Waals surface area contributed by atoms with Crippen molar-refractivity contribution in [1.82, 2.24) is 0 Å². The molecule has 0 bridgehead atoms. The van der Waals surface area contributed by atoms with Crippen LogP contribution in [0.25, 0.3) is 0 Å². The van der Waals surface area contributed by atoms with Crippen molar-refractivity contribution in [2.45, 2.75) is 44.7 Å². The molecule has 0 unspecified atom stereocenters. The maximum atomic E-state index is 14.7. The second kappa shape index (κ2) is 9.59. The molecule has 0 atom stereocenters. The Balaban J connectivity index is 2.39. The molecule has 0 aliphatic carbocycles. The van der Waals surface area contributed by atoms with Crippen LogP contribution in [0.5, 0.6) is 0 Å². The van der Waals surface area contributed by atoms with Gasteiger partial charge in [-0.25, -0.2) is 8.78 Å². The van der Waals surface area contributed by atoms with E-state index in [1.54, 1.807) is 0 Å². The van der Waals surface area contributed by atoms with E-state index in [0.717, 1.165) is 19.9 Å². The molecular weight excluding hydrogens is 476 g/mol. The number of rotatable bonds is 8. The van der Waals surface area contributed by atoms with E-state index in [2.05, 4.69) is 5.32 Å². The number of primary amides is 1. The molecule has 1 amide bonds. The molecule has 0 aliphatic rings. The highest BCUT2D eigenvalue weighted by atomic mass is 19.4. The molecule has 2 aromatic rings. The largest absolute Gasteiger partial charge is 0.435 e. The number of hydrogen-bond donors (Lipinski definition) is 2. The zero-order chi connectivity index (χ0) is 26.1. The van der Waals surface area contributed by atoms with Gasteiger partial charge < -0.3 is 11.1 Å². The lowest BCUT2D eigenvalue weighted by molar-refractivity contribution is -0.348. The second-order valence-corrected chi connectivity index (χ2v) is 7.65. The lowest BCUT2D eigenvalue weighted by atomic mass is 9.87. The van der Waals surface area contributed by atoms with Gasteiger partial charge >= 0.3 is 18.0 Å². The Bertz CT molecular complexity index is 1060. The third kappa shape index (κ3) is 5.31. The average molecular weight is 496 g/mol. The number of carbonyl (C=O) groups is 2. The Labute approximate surface area is 189 Å². The van der Waals surface area contributed by atoms with E-state index >= 15 is 0 Å². The smallest absolute Gasteiger partial charge is 0.382 e. The van der Waals surface area contributed by atoms with Crippen LogP contribution in [-0.2, 0) is 16.9 Å². The average Bonchev–Trinajstić information content (AvgIpc) is 2.69. The van der Waals surface area contributed by atoms with E-state index in [1.807, 2.05) is 0 Å². The van der Waals surface area contributed by atoms with Gasteiger partial charge in [-0.2, -0.15) is 26.3 Å². The van der Waals surface area contributed by atoms with Gasteiger partial charge in [0.2, 0.25) is 5.91 Å². The zero-order valence-corrected chi connectivity index (χ0v) is 17.9. The summed E-state index contributed by atoms with van der Waals surface area (Å²) in [5.41, 5.74) is -3.13. The van der Waals surface area contributed by atoms with E-state index in [9.17, 15) is 44.7 Å². The highest BCUT2D eigenvalue weighted by Gasteiger charge is 2.73. The Morgan fingerprint density at radius 3 is 1.94 bits per heavy atom. The Morgan fingerprint density at radius 1 is 0.941 bits per heavy atom. The van der Waals surface area contributed by atoms with Crippen LogP contribution in [0.1, 0.15) is 39.0 Å². The monoisotopic (exact) mass is 496 g/mol. The van der Waals surface area contributed by atoms with Crippen molar-refractivity contribution in [2.75, 3.05) is 11.9 Å². The summed E-state index contributed by atoms with van der Waals surface area (Å²) in [5, 5.41) is 2.60. The third-order valence-electron chi connectivity index (χ3n) is 5.20. The number of aryl methyl sites for hydroxylation is 2. The van der Waals surface area contributed by atoms with Crippen LogP contribution >= 0.6 is 0 Å². The van der Waals surface area contributed by atoms with Gasteiger partial charge in [-0.05, 0) is 42.7 Å². The van der Waals surface area contributed by atoms with Gasteiger partial charge in [0, 0.05) is 24.9 Å². The van der Waals surface area contributed by atoms with Crippen molar-refractivity contribution in [1.29, 1.82) is 0 Å². The van der Waals surface area contributed by atoms with Crippen LogP contribution in [0.4, 0.5) is 40.8 Å². The quantitative estimate of drug-likeness (QED) is 0.378. The summed E-state index contributed by atoms with van der Waals surface area (Å²) in [5.74, 6) is -2.41. The number of amides is 1. The lowest BCUT2D eigenvalue weighted by Crippen LogP contribution is -2.50. The predicted molar refractivity (Wildman–Crippen MR) is 108 cm³/mol. The summed E-state index contributed by atoms with van der Waals surface area (Å²) >= 11 is 0. The van der Waals surface area contributed by atoms with Crippen LogP contribution in [0.2, 0.25) is 0 Å². The minimum absolute atomic E-state index is 0.00698. The molecule has 0 radical (unpaired) electrons. The van der Waals surface area contributed by atoms with E-state index in [-0.39, 0.29) is 35.3 Å². The first-order valence-electron chi connectivity index (χ1n) is 9.77. The molecule has 2 rings (SSSR count). The molecule has 34 heavy (non-hydrogen) atoms. The molecule has 2 aromatic carbocycles. The molecule has 0 aliphatic heterocycles. The molecule has 0 aromatic heterocycles. The van der Waals surface area contributed by atoms with Gasteiger partial charge in [0.05, 0.1) is 11.3 Å². The number of nitrogens with one attached hydrogen (secondary N) is 1. The number of ketones is 1. The summed E-state index contributed by atoms with van der Waals surface area (Å²) in [6.45, 7) is 2.25. The summed E-state index contributed by atoms with van der Waals surface area (Å²) in [4.78, 5) is 23.5. The van der Waals surface area contributed by atoms with Crippen molar-refractivity contribution in [3.05, 3.63) is 64.0 Å². The summed E-state index contributed by atoms with van der Waals surface area (Å²) in [7, 11) is 0. The standard InChI is InChI=1S/C22H20F8N2O2/c1-11-8-13(20(24,21(25,26)27)22(28,29)30)9-12(2)15(11)10-17(33)14-4-3-5-16(19(14)23)32-7-6-18(31)34/h3-5,8-9,32H,6-7,10H2,1-2H3,(H2,31,34). The predicted octanol–water partition coefficient (Wildman–Crippen LogP) is 5.44. The fourth-order valence-electron chi connectivity index (χ4n) is 3.42. The van der Waals surface area contributed by atoms with Crippen LogP contribution in [0, 0.1) is 19.7 Å². The molecule has 0 heterocycles. The number of halogens is 8. The number of carbonyl (C=O) groups excluding carboxylic acids is 2. The first-order chi connectivity index (χ1) is 15.5. The van der Waals surface area contributed by atoms with Crippen LogP contribution < -0.4 is 11.1 Å². The van der Waals surface area contributed by atoms with E-state index in [1.165, 1.54) is 12.1 Å². The van der Waals surface area contributed by atoms with Gasteiger partial charge in [-0.15, -0.1) is 0 Å². The van der Waals surface area contributed by atoms with Gasteiger partial charge in [-0.3, -0.25) is 9.59 Å². The third-order valence-corrected chi connectivity index (χ3v) is 5.20. The van der Waals surface area contributed by atoms with Crippen LogP contribution in [-0.4, -0.2) is 30.6 Å². The van der Waals surface area contributed by atoms with Gasteiger partial charge in [-0.1, -0.05) is 18.2 Å². The summed E-state index contributed by atoms with van der Waals surface area (Å²) < 4.78 is 108. The number of nitrogens with two attached hydrogens (primary N) is 1. The number of anilines is 1. The number of Topliss-reactive ketones (excluding diaryl/α,β-unsaturated/α-hetero) is 1. The molecular formula is C22H20F8N2O2. The summed E-state index contributed by atoms with van der Waals surface area (Å²) in [6, 6.07) is 4.56. The van der Waals surface area contributed by atoms with E-state index in [4.69, 9.17) is 5.73 Å². The molecule has 0 saturated carbocycles. The Kier molecular flexibility index (Phi) is 7.63. The minimum atomic E-state index is -6.27. The SMILES string of the molecule is Cc1cc(C(F)(C(F)(F)F)C(F)(F)F)cc(C)c1CC(=O)c1cccc(NCCC(N)=O)c1F. The zero-order valence-electron chi connectivity index (χ0n) is 17.9. The number of benzene rings is 2. The van der Waals surface area contributed by atoms with Crippen molar-refractivity contribution in [3.63, 3.8) is 0 Å². The molecule has 0 fully saturated rings. The minimum Gasteiger partial charge on any atom is -0.382 e. The number of hydrogen-bond acceptors (Lipinski definition) is 3. The topological polar surface area (TPSA) is 72.2 Å². The van der Waals surface area contributed by atoms with E-state index in [0.29, 0.717) is 12.1 Å². The normalized spacial score (nSPS) is 12.5. The van der Waals surface area contributed by atoms with Crippen molar-refractivity contribution in [2.24, 2.45) is 5.73 Å². The molecule has 4 nitrogen and oxygen atoms in total. The van der Waals surface area contributed by atoms with Crippen molar-refractivity contribution < 1.29 is 44.7 Å². The van der Waals surface area contributed by atoms with Gasteiger partial charge in [0.25, 0.3) is 0 Å². The molecule has 12 heteroatoms. The Morgan fingerprint density at radius 2 is 1.47 bits per heavy atom. The molecule has 3 N–H and O–H groups in total. The molecule has 0 spiro atoms. The van der Waals surface area contributed by atoms with Crippen LogP contribution in [0.3, 0.4) is 0 Å². The van der Waals surface area contributed by atoms with Crippen molar-refractivity contribution in [3.8, 4) is 0 Å². The van der Waals surface area contributed by atoms with Crippen molar-refractivity contribution >= 4 is 17.4 Å². The fourth-order valence-corrected chi connectivity index (χ4v) is 3.42. The van der Waals surface area contributed by atoms with Gasteiger partial charge in [0.1, 0.15) is 0 Å². The second-order valence-electron chi connectivity index (χ2n) is 7.65. The molecule has 0 saturated heterocycles. The first-order valence-corrected chi connectivity index (χ1v) is 9.77. The highest BCUT2D eigenvalue weighted by molar-refractivity contribution is 5.99. The fraction of sp³-hybridized carbons (Fsp3) is 0.364. The maximum absolute atomic E-state index is 14.7. The van der Waals surface area contributed by atoms with E-state index < -0.39 is 53.1 Å². The summed E-state index contributed by atoms with van der Waals surface area (Å²) in [6.07, 6.45) is -13.2. The Hall–Kier alpha value is -3.18. The van der Waals surface area contributed by atoms with Crippen LogP contribution in [0.15, 0.2) is 30.3 Å². The highest BCUT2D eigenvalue weighted by Crippen LogP contribution is 2.53. The molecule has 186 valence electrons. The lowest BCUT2D eigenvalue weighted by Gasteiger charge is -2.31. The van der Waals surface area contributed by atoms with Gasteiger partial charge in [0.15, 0.2) is 11.6 Å². The maximum Gasteiger partial charge on any atom is 0.435 e.